The average Bonchev–Trinajstić information content (AvgIpc) is 3.14. The third kappa shape index (κ3) is 7.83. The van der Waals surface area contributed by atoms with Crippen LogP contribution in [0.25, 0.3) is 33.4 Å². The van der Waals surface area contributed by atoms with Gasteiger partial charge in [-0.2, -0.15) is 0 Å². The lowest BCUT2D eigenvalue weighted by Gasteiger charge is -2.30. The number of benzene rings is 4. The average molecular weight is 622 g/mol. The largest absolute Gasteiger partial charge is 0.385 e. The SMILES string of the molecule is C=CC1CCC(c2ccc(-c3ccc(NCCC)cc3)c(-c3cc(-c4ccc(CC)cc4)ccc3C3CCC(/C=C/C)CC3)c2)CC1. The van der Waals surface area contributed by atoms with Gasteiger partial charge in [-0.1, -0.05) is 98.8 Å². The van der Waals surface area contributed by atoms with Gasteiger partial charge in [0, 0.05) is 12.2 Å². The maximum Gasteiger partial charge on any atom is 0.0340 e. The van der Waals surface area contributed by atoms with Gasteiger partial charge in [0.25, 0.3) is 0 Å². The Labute approximate surface area is 285 Å². The first-order chi connectivity index (χ1) is 23.1. The molecule has 0 spiro atoms. The summed E-state index contributed by atoms with van der Waals surface area (Å²) < 4.78 is 0. The standard InChI is InChI=1S/C46H55N/c1-5-9-35-14-20-38(21-15-35)43-28-24-40(36-16-10-33(7-3)11-17-36)31-45(43)46-32-41(37-18-12-34(8-4)13-19-37)25-29-44(46)39-22-26-42(27-23-39)47-30-6-2/h5,8-11,16-17,22-29,31-32,34-35,37-38,47H,4,6-7,12-15,18-21,30H2,1-3H3/b9-5+. The molecule has 0 unspecified atom stereocenters. The highest BCUT2D eigenvalue weighted by atomic mass is 14.9. The van der Waals surface area contributed by atoms with Crippen LogP contribution in [0, 0.1) is 11.8 Å². The van der Waals surface area contributed by atoms with Gasteiger partial charge in [0.1, 0.15) is 0 Å². The molecule has 0 aliphatic heterocycles. The molecule has 2 aliphatic carbocycles. The molecule has 2 fully saturated rings. The summed E-state index contributed by atoms with van der Waals surface area (Å²) in [6.45, 7) is 11.7. The van der Waals surface area contributed by atoms with Gasteiger partial charge in [-0.3, -0.25) is 0 Å². The number of anilines is 1. The number of aryl methyl sites for hydroxylation is 1. The maximum atomic E-state index is 4.11. The third-order valence-electron chi connectivity index (χ3n) is 11.1. The molecule has 0 heterocycles. The van der Waals surface area contributed by atoms with E-state index in [9.17, 15) is 0 Å². The zero-order chi connectivity index (χ0) is 32.6. The molecule has 0 radical (unpaired) electrons. The fraction of sp³-hybridized carbons (Fsp3) is 0.391. The molecule has 0 aromatic heterocycles. The van der Waals surface area contributed by atoms with E-state index in [0.29, 0.717) is 17.8 Å². The molecule has 6 rings (SSSR count). The van der Waals surface area contributed by atoms with Crippen LogP contribution < -0.4 is 5.32 Å². The van der Waals surface area contributed by atoms with Crippen LogP contribution in [-0.2, 0) is 6.42 Å². The minimum Gasteiger partial charge on any atom is -0.385 e. The first-order valence-corrected chi connectivity index (χ1v) is 18.6. The Morgan fingerprint density at radius 1 is 0.638 bits per heavy atom. The number of hydrogen-bond acceptors (Lipinski definition) is 1. The van der Waals surface area contributed by atoms with Crippen molar-refractivity contribution in [3.63, 3.8) is 0 Å². The Morgan fingerprint density at radius 2 is 1.30 bits per heavy atom. The van der Waals surface area contributed by atoms with Crippen LogP contribution in [0.3, 0.4) is 0 Å². The topological polar surface area (TPSA) is 12.0 Å². The van der Waals surface area contributed by atoms with E-state index in [1.54, 1.807) is 0 Å². The van der Waals surface area contributed by atoms with Crippen LogP contribution in [0.4, 0.5) is 5.69 Å². The van der Waals surface area contributed by atoms with Crippen LogP contribution in [0.1, 0.15) is 107 Å². The third-order valence-corrected chi connectivity index (χ3v) is 11.1. The molecule has 47 heavy (non-hydrogen) atoms. The highest BCUT2D eigenvalue weighted by Gasteiger charge is 2.26. The Kier molecular flexibility index (Phi) is 11.1. The van der Waals surface area contributed by atoms with Crippen molar-refractivity contribution in [3.8, 4) is 33.4 Å². The summed E-state index contributed by atoms with van der Waals surface area (Å²) in [5.41, 5.74) is 13.7. The number of rotatable bonds is 11. The van der Waals surface area contributed by atoms with Gasteiger partial charge in [-0.25, -0.2) is 0 Å². The fourth-order valence-corrected chi connectivity index (χ4v) is 8.17. The molecule has 0 atom stereocenters. The fourth-order valence-electron chi connectivity index (χ4n) is 8.17. The number of hydrogen-bond donors (Lipinski definition) is 1. The van der Waals surface area contributed by atoms with E-state index in [2.05, 4.69) is 136 Å². The van der Waals surface area contributed by atoms with E-state index in [0.717, 1.165) is 25.3 Å². The Bertz CT molecular complexity index is 1620. The minimum atomic E-state index is 0.586. The van der Waals surface area contributed by atoms with Crippen LogP contribution >= 0.6 is 0 Å². The molecule has 244 valence electrons. The molecule has 0 saturated heterocycles. The molecule has 1 heteroatoms. The Balaban J connectivity index is 1.47. The van der Waals surface area contributed by atoms with Gasteiger partial charge in [0.15, 0.2) is 0 Å². The molecular weight excluding hydrogens is 567 g/mol. The summed E-state index contributed by atoms with van der Waals surface area (Å²) >= 11 is 0. The van der Waals surface area contributed by atoms with Crippen molar-refractivity contribution in [2.24, 2.45) is 11.8 Å². The van der Waals surface area contributed by atoms with Crippen molar-refractivity contribution in [2.75, 3.05) is 11.9 Å². The van der Waals surface area contributed by atoms with Crippen LogP contribution in [0.2, 0.25) is 0 Å². The van der Waals surface area contributed by atoms with Crippen molar-refractivity contribution in [1.82, 2.24) is 0 Å². The maximum absolute atomic E-state index is 4.11. The minimum absolute atomic E-state index is 0.586. The highest BCUT2D eigenvalue weighted by molar-refractivity contribution is 5.88. The summed E-state index contributed by atoms with van der Waals surface area (Å²) in [5, 5.41) is 3.57. The van der Waals surface area contributed by atoms with Crippen molar-refractivity contribution >= 4 is 5.69 Å². The van der Waals surface area contributed by atoms with Crippen molar-refractivity contribution in [1.29, 1.82) is 0 Å². The molecular formula is C46H55N. The van der Waals surface area contributed by atoms with E-state index < -0.39 is 0 Å². The van der Waals surface area contributed by atoms with E-state index in [1.165, 1.54) is 107 Å². The number of nitrogens with one attached hydrogen (secondary N) is 1. The predicted molar refractivity (Wildman–Crippen MR) is 205 cm³/mol. The van der Waals surface area contributed by atoms with Gasteiger partial charge in [-0.15, -0.1) is 6.58 Å². The summed E-state index contributed by atoms with van der Waals surface area (Å²) in [7, 11) is 0. The lowest BCUT2D eigenvalue weighted by atomic mass is 9.74. The quantitative estimate of drug-likeness (QED) is 0.164. The van der Waals surface area contributed by atoms with E-state index >= 15 is 0 Å². The van der Waals surface area contributed by atoms with Crippen molar-refractivity contribution < 1.29 is 0 Å². The van der Waals surface area contributed by atoms with E-state index in [-0.39, 0.29) is 0 Å². The number of allylic oxidation sites excluding steroid dienone is 3. The summed E-state index contributed by atoms with van der Waals surface area (Å²) in [6, 6.07) is 33.3. The second-order valence-corrected chi connectivity index (χ2v) is 14.1. The van der Waals surface area contributed by atoms with Crippen molar-refractivity contribution in [2.45, 2.75) is 96.8 Å². The normalized spacial score (nSPS) is 21.5. The van der Waals surface area contributed by atoms with Gasteiger partial charge in [0.2, 0.25) is 0 Å². The summed E-state index contributed by atoms with van der Waals surface area (Å²) in [4.78, 5) is 0. The lowest BCUT2D eigenvalue weighted by molar-refractivity contribution is 0.376. The zero-order valence-electron chi connectivity index (χ0n) is 29.1. The molecule has 0 amide bonds. The molecule has 1 nitrogen and oxygen atoms in total. The van der Waals surface area contributed by atoms with Crippen LogP contribution in [-0.4, -0.2) is 6.54 Å². The van der Waals surface area contributed by atoms with Gasteiger partial charge in [-0.05, 0) is 163 Å². The van der Waals surface area contributed by atoms with Crippen molar-refractivity contribution in [3.05, 3.63) is 126 Å². The second kappa shape index (κ2) is 15.8. The van der Waals surface area contributed by atoms with Gasteiger partial charge >= 0.3 is 0 Å². The Morgan fingerprint density at radius 3 is 1.96 bits per heavy atom. The monoisotopic (exact) mass is 621 g/mol. The first-order valence-electron chi connectivity index (χ1n) is 18.6. The first kappa shape index (κ1) is 33.1. The second-order valence-electron chi connectivity index (χ2n) is 14.1. The summed E-state index contributed by atoms with van der Waals surface area (Å²) in [6.07, 6.45) is 19.1. The molecule has 0 bridgehead atoms. The summed E-state index contributed by atoms with van der Waals surface area (Å²) in [5.74, 6) is 2.60. The highest BCUT2D eigenvalue weighted by Crippen LogP contribution is 2.46. The molecule has 2 aliphatic rings. The molecule has 4 aromatic carbocycles. The zero-order valence-corrected chi connectivity index (χ0v) is 29.1. The molecule has 4 aromatic rings. The smallest absolute Gasteiger partial charge is 0.0340 e. The Hall–Kier alpha value is -3.84. The van der Waals surface area contributed by atoms with Gasteiger partial charge < -0.3 is 5.32 Å². The van der Waals surface area contributed by atoms with Crippen LogP contribution in [0.15, 0.2) is 110 Å². The van der Waals surface area contributed by atoms with E-state index in [1.807, 2.05) is 0 Å². The predicted octanol–water partition coefficient (Wildman–Crippen LogP) is 13.4. The molecule has 1 N–H and O–H groups in total. The molecule has 2 saturated carbocycles. The van der Waals surface area contributed by atoms with Crippen LogP contribution in [0.5, 0.6) is 0 Å². The lowest BCUT2D eigenvalue weighted by Crippen LogP contribution is -2.13. The van der Waals surface area contributed by atoms with E-state index in [4.69, 9.17) is 0 Å². The van der Waals surface area contributed by atoms with Gasteiger partial charge in [0.05, 0.1) is 0 Å².